The third-order valence-electron chi connectivity index (χ3n) is 7.86. The van der Waals surface area contributed by atoms with Crippen molar-refractivity contribution in [1.29, 1.82) is 0 Å². The Balaban J connectivity index is 1.11. The molecule has 0 N–H and O–H groups in total. The van der Waals surface area contributed by atoms with Gasteiger partial charge >= 0.3 is 0 Å². The summed E-state index contributed by atoms with van der Waals surface area (Å²) in [4.78, 5) is 0. The molecule has 2 atom stereocenters. The van der Waals surface area contributed by atoms with Crippen molar-refractivity contribution in [1.82, 2.24) is 0 Å². The third-order valence-corrected chi connectivity index (χ3v) is 7.86. The van der Waals surface area contributed by atoms with Crippen molar-refractivity contribution in [2.75, 3.05) is 0 Å². The van der Waals surface area contributed by atoms with Crippen LogP contribution in [0.3, 0.4) is 0 Å². The first kappa shape index (κ1) is 23.7. The smallest absolute Gasteiger partial charge is 0.0447 e. The summed E-state index contributed by atoms with van der Waals surface area (Å²) < 4.78 is 0. The first-order valence-corrected chi connectivity index (χ1v) is 13.9. The van der Waals surface area contributed by atoms with E-state index in [1.165, 1.54) is 140 Å². The number of unbranched alkanes of at least 4 members (excludes halogenated alkanes) is 16. The zero-order valence-electron chi connectivity index (χ0n) is 20.3. The molecule has 3 aliphatic rings. The van der Waals surface area contributed by atoms with Crippen molar-refractivity contribution in [3.8, 4) is 11.1 Å². The highest BCUT2D eigenvalue weighted by Crippen LogP contribution is 2.63. The van der Waals surface area contributed by atoms with Gasteiger partial charge in [-0.25, -0.2) is 0 Å². The lowest BCUT2D eigenvalue weighted by Gasteiger charge is -2.47. The van der Waals surface area contributed by atoms with Crippen LogP contribution in [-0.2, 0) is 0 Å². The van der Waals surface area contributed by atoms with Crippen molar-refractivity contribution in [2.45, 2.75) is 154 Å². The lowest BCUT2D eigenvalue weighted by molar-refractivity contribution is 0.386. The summed E-state index contributed by atoms with van der Waals surface area (Å²) in [6.07, 6.45) is 29.0. The van der Waals surface area contributed by atoms with Gasteiger partial charge in [-0.1, -0.05) is 142 Å². The molecular weight excluding hydrogens is 360 g/mol. The fraction of sp³-hybridized carbons (Fsp3) is 0.800. The van der Waals surface area contributed by atoms with Crippen LogP contribution < -0.4 is 0 Å². The lowest BCUT2D eigenvalue weighted by atomic mass is 9.55. The van der Waals surface area contributed by atoms with E-state index in [2.05, 4.69) is 26.0 Å². The normalized spacial score (nSPS) is 18.1. The van der Waals surface area contributed by atoms with Crippen LogP contribution in [0.15, 0.2) is 0 Å². The van der Waals surface area contributed by atoms with Crippen molar-refractivity contribution in [3.05, 3.63) is 23.3 Å². The zero-order chi connectivity index (χ0) is 21.0. The van der Waals surface area contributed by atoms with Crippen LogP contribution >= 0.6 is 0 Å². The minimum Gasteiger partial charge on any atom is -0.0654 e. The van der Waals surface area contributed by atoms with E-state index in [-0.39, 0.29) is 0 Å². The van der Waals surface area contributed by atoms with E-state index >= 15 is 0 Å². The summed E-state index contributed by atoms with van der Waals surface area (Å²) in [5, 5.41) is 0. The molecule has 0 aliphatic heterocycles. The van der Waals surface area contributed by atoms with E-state index in [1.54, 1.807) is 11.1 Å². The van der Waals surface area contributed by atoms with Crippen LogP contribution in [0.1, 0.15) is 165 Å². The average Bonchev–Trinajstić information content (AvgIpc) is 2.74. The third kappa shape index (κ3) is 6.28. The second-order valence-electron chi connectivity index (χ2n) is 10.3. The molecule has 2 unspecified atom stereocenters. The second kappa shape index (κ2) is 13.5. The second-order valence-corrected chi connectivity index (χ2v) is 10.3. The maximum Gasteiger partial charge on any atom is 0.0447 e. The van der Waals surface area contributed by atoms with Crippen LogP contribution in [0, 0.1) is 12.1 Å². The Morgan fingerprint density at radius 2 is 0.767 bits per heavy atom. The summed E-state index contributed by atoms with van der Waals surface area (Å²) in [6.45, 7) is 4.63. The van der Waals surface area contributed by atoms with E-state index in [1.807, 2.05) is 0 Å². The molecule has 168 valence electrons. The predicted molar refractivity (Wildman–Crippen MR) is 132 cm³/mol. The molecule has 0 aromatic rings. The fourth-order valence-corrected chi connectivity index (χ4v) is 5.90. The van der Waals surface area contributed by atoms with Gasteiger partial charge < -0.3 is 0 Å². The fourth-order valence-electron chi connectivity index (χ4n) is 5.90. The van der Waals surface area contributed by atoms with Crippen LogP contribution in [-0.4, -0.2) is 0 Å². The van der Waals surface area contributed by atoms with Crippen LogP contribution in [0.2, 0.25) is 0 Å². The maximum absolute atomic E-state index is 3.31. The molecule has 0 saturated carbocycles. The molecule has 0 fully saturated rings. The summed E-state index contributed by atoms with van der Waals surface area (Å²) >= 11 is 0. The highest BCUT2D eigenvalue weighted by molar-refractivity contribution is 5.88. The quantitative estimate of drug-likeness (QED) is 0.191. The SMILES string of the molecule is CCCCCCCCCCCCCCCCCCC1c2c3c#cc-3c2C1CCCC. The lowest BCUT2D eigenvalue weighted by Crippen LogP contribution is -2.31. The van der Waals surface area contributed by atoms with Crippen LogP contribution in [0.5, 0.6) is 0 Å². The molecule has 0 heteroatoms. The van der Waals surface area contributed by atoms with Crippen LogP contribution in [0.4, 0.5) is 0 Å². The van der Waals surface area contributed by atoms with Crippen molar-refractivity contribution >= 4 is 0 Å². The van der Waals surface area contributed by atoms with Gasteiger partial charge in [-0.15, -0.1) is 0 Å². The number of fused-ring (bicyclic) bond motifs is 4. The Bertz CT molecular complexity index is 598. The summed E-state index contributed by atoms with van der Waals surface area (Å²) in [5.41, 5.74) is 6.36. The monoisotopic (exact) mass is 408 g/mol. The standard InChI is InChI=1S/C30H48/c1-3-5-7-8-9-10-11-12-13-14-15-16-17-18-19-20-22-26-25(21-6-4-2)29-27-23-24-28(27)30(26)29/h25-26H,3-22H2,1-2H3. The molecule has 0 spiro atoms. The van der Waals surface area contributed by atoms with Gasteiger partial charge in [-0.2, -0.15) is 0 Å². The van der Waals surface area contributed by atoms with Crippen LogP contribution in [0.25, 0.3) is 11.1 Å². The van der Waals surface area contributed by atoms with Gasteiger partial charge in [0, 0.05) is 11.1 Å². The maximum atomic E-state index is 3.31. The molecule has 3 rings (SSSR count). The first-order chi connectivity index (χ1) is 14.9. The van der Waals surface area contributed by atoms with Crippen molar-refractivity contribution in [3.63, 3.8) is 0 Å². The molecule has 0 aromatic carbocycles. The van der Waals surface area contributed by atoms with Gasteiger partial charge in [-0.3, -0.25) is 0 Å². The molecule has 0 nitrogen and oxygen atoms in total. The Kier molecular flexibility index (Phi) is 10.6. The first-order valence-electron chi connectivity index (χ1n) is 13.9. The average molecular weight is 409 g/mol. The van der Waals surface area contributed by atoms with E-state index in [0.29, 0.717) is 0 Å². The van der Waals surface area contributed by atoms with E-state index in [0.717, 1.165) is 11.8 Å². The van der Waals surface area contributed by atoms with E-state index in [4.69, 9.17) is 0 Å². The Hall–Kier alpha value is -0.960. The van der Waals surface area contributed by atoms with Crippen molar-refractivity contribution in [2.24, 2.45) is 0 Å². The molecule has 3 aliphatic carbocycles. The Morgan fingerprint density at radius 1 is 0.433 bits per heavy atom. The van der Waals surface area contributed by atoms with E-state index < -0.39 is 0 Å². The molecular formula is C30H48. The molecule has 0 heterocycles. The van der Waals surface area contributed by atoms with Crippen molar-refractivity contribution < 1.29 is 0 Å². The molecule has 0 bridgehead atoms. The molecule has 0 saturated heterocycles. The largest absolute Gasteiger partial charge is 0.0654 e. The van der Waals surface area contributed by atoms with Gasteiger partial charge in [0.25, 0.3) is 0 Å². The number of hydrogen-bond acceptors (Lipinski definition) is 0. The number of rotatable bonds is 20. The molecule has 0 aromatic heterocycles. The van der Waals surface area contributed by atoms with E-state index in [9.17, 15) is 0 Å². The zero-order valence-corrected chi connectivity index (χ0v) is 20.3. The molecule has 0 radical (unpaired) electrons. The molecule has 30 heavy (non-hydrogen) atoms. The van der Waals surface area contributed by atoms with Gasteiger partial charge in [-0.05, 0) is 35.8 Å². The van der Waals surface area contributed by atoms with Gasteiger partial charge in [0.15, 0.2) is 0 Å². The topological polar surface area (TPSA) is 0 Å². The van der Waals surface area contributed by atoms with Gasteiger partial charge in [0.1, 0.15) is 0 Å². The minimum atomic E-state index is 0.879. The highest BCUT2D eigenvalue weighted by atomic mass is 14.5. The predicted octanol–water partition coefficient (Wildman–Crippen LogP) is 10.3. The summed E-state index contributed by atoms with van der Waals surface area (Å²) in [7, 11) is 0. The number of hydrogen-bond donors (Lipinski definition) is 0. The van der Waals surface area contributed by atoms with Gasteiger partial charge in [0.2, 0.25) is 0 Å². The summed E-state index contributed by atoms with van der Waals surface area (Å²) in [5.74, 6) is 1.76. The summed E-state index contributed by atoms with van der Waals surface area (Å²) in [6, 6.07) is 6.61. The Labute approximate surface area is 188 Å². The van der Waals surface area contributed by atoms with Gasteiger partial charge in [0.05, 0.1) is 0 Å². The highest BCUT2D eigenvalue weighted by Gasteiger charge is 2.46. The molecule has 0 amide bonds. The minimum absolute atomic E-state index is 0.879. The Morgan fingerprint density at radius 3 is 1.13 bits per heavy atom.